The molecule has 1 heterocycles. The summed E-state index contributed by atoms with van der Waals surface area (Å²) in [5, 5.41) is 3.71. The maximum absolute atomic E-state index is 3.71. The fourth-order valence-corrected chi connectivity index (χ4v) is 2.84. The number of nitrogens with one attached hydrogen (secondary N) is 1. The third kappa shape index (κ3) is 3.96. The fourth-order valence-electron chi connectivity index (χ4n) is 2.84. The maximum atomic E-state index is 3.71. The Morgan fingerprint density at radius 2 is 2.00 bits per heavy atom. The molecule has 1 saturated heterocycles. The quantitative estimate of drug-likeness (QED) is 0.793. The van der Waals surface area contributed by atoms with Crippen molar-refractivity contribution in [2.24, 2.45) is 5.92 Å². The summed E-state index contributed by atoms with van der Waals surface area (Å²) < 4.78 is 0. The number of piperazine rings is 1. The molecule has 2 nitrogen and oxygen atoms in total. The molecule has 1 N–H and O–H groups in total. The van der Waals surface area contributed by atoms with Gasteiger partial charge in [0.2, 0.25) is 0 Å². The van der Waals surface area contributed by atoms with Crippen molar-refractivity contribution in [1.82, 2.24) is 10.2 Å². The predicted octanol–water partition coefficient (Wildman–Crippen LogP) is 3.27. The molecule has 102 valence electrons. The molecule has 1 rings (SSSR count). The molecule has 0 aliphatic carbocycles. The molecule has 1 aliphatic rings. The van der Waals surface area contributed by atoms with E-state index in [0.29, 0.717) is 17.6 Å². The summed E-state index contributed by atoms with van der Waals surface area (Å²) in [6.07, 6.45) is 3.85. The summed E-state index contributed by atoms with van der Waals surface area (Å²) in [6.45, 7) is 16.4. The summed E-state index contributed by atoms with van der Waals surface area (Å²) in [5.41, 5.74) is 0.316. The van der Waals surface area contributed by atoms with Crippen molar-refractivity contribution in [3.8, 4) is 0 Å². The zero-order valence-corrected chi connectivity index (χ0v) is 12.7. The normalized spacial score (nSPS) is 34.6. The van der Waals surface area contributed by atoms with Crippen LogP contribution in [0.2, 0.25) is 0 Å². The Bertz CT molecular complexity index is 229. The van der Waals surface area contributed by atoms with E-state index in [1.54, 1.807) is 0 Å². The molecule has 0 aromatic rings. The molecule has 2 heteroatoms. The smallest absolute Gasteiger partial charge is 0.0278 e. The van der Waals surface area contributed by atoms with Crippen LogP contribution < -0.4 is 5.32 Å². The van der Waals surface area contributed by atoms with Crippen LogP contribution >= 0.6 is 0 Å². The first kappa shape index (κ1) is 15.0. The van der Waals surface area contributed by atoms with Crippen molar-refractivity contribution in [2.45, 2.75) is 78.4 Å². The second kappa shape index (κ2) is 6.19. The summed E-state index contributed by atoms with van der Waals surface area (Å²) in [7, 11) is 0. The standard InChI is InChI=1S/C15H32N2/c1-7-12(3)9-13(4)17-11-15(6,8-2)16-10-14(17)5/h12-14,16H,7-11H2,1-6H3. The average molecular weight is 240 g/mol. The van der Waals surface area contributed by atoms with Crippen molar-refractivity contribution >= 4 is 0 Å². The summed E-state index contributed by atoms with van der Waals surface area (Å²) in [4.78, 5) is 2.71. The molecule has 0 saturated carbocycles. The Kier molecular flexibility index (Phi) is 5.46. The molecular formula is C15H32N2. The Labute approximate surface area is 108 Å². The van der Waals surface area contributed by atoms with Crippen molar-refractivity contribution in [3.05, 3.63) is 0 Å². The van der Waals surface area contributed by atoms with Crippen LogP contribution in [0.15, 0.2) is 0 Å². The number of hydrogen-bond acceptors (Lipinski definition) is 2. The topological polar surface area (TPSA) is 15.3 Å². The molecule has 0 spiro atoms. The van der Waals surface area contributed by atoms with E-state index in [4.69, 9.17) is 0 Å². The van der Waals surface area contributed by atoms with Crippen LogP contribution in [0.1, 0.15) is 60.8 Å². The van der Waals surface area contributed by atoms with E-state index in [1.807, 2.05) is 0 Å². The molecule has 4 unspecified atom stereocenters. The minimum atomic E-state index is 0.316. The summed E-state index contributed by atoms with van der Waals surface area (Å²) >= 11 is 0. The van der Waals surface area contributed by atoms with Crippen molar-refractivity contribution in [1.29, 1.82) is 0 Å². The minimum Gasteiger partial charge on any atom is -0.309 e. The first-order chi connectivity index (χ1) is 7.91. The van der Waals surface area contributed by atoms with Gasteiger partial charge in [-0.25, -0.2) is 0 Å². The summed E-state index contributed by atoms with van der Waals surface area (Å²) in [5.74, 6) is 0.847. The van der Waals surface area contributed by atoms with Crippen LogP contribution in [0.25, 0.3) is 0 Å². The highest BCUT2D eigenvalue weighted by Gasteiger charge is 2.34. The van der Waals surface area contributed by atoms with Gasteiger partial charge in [-0.3, -0.25) is 4.90 Å². The second-order valence-corrected chi connectivity index (χ2v) is 6.41. The fraction of sp³-hybridized carbons (Fsp3) is 1.00. The lowest BCUT2D eigenvalue weighted by atomic mass is 9.90. The monoisotopic (exact) mass is 240 g/mol. The molecular weight excluding hydrogens is 208 g/mol. The van der Waals surface area contributed by atoms with E-state index in [-0.39, 0.29) is 0 Å². The van der Waals surface area contributed by atoms with E-state index >= 15 is 0 Å². The Morgan fingerprint density at radius 3 is 2.53 bits per heavy atom. The largest absolute Gasteiger partial charge is 0.309 e. The molecule has 0 aromatic heterocycles. The molecule has 0 amide bonds. The Hall–Kier alpha value is -0.0800. The van der Waals surface area contributed by atoms with Gasteiger partial charge in [0.1, 0.15) is 0 Å². The van der Waals surface area contributed by atoms with Crippen molar-refractivity contribution in [2.75, 3.05) is 13.1 Å². The first-order valence-corrected chi connectivity index (χ1v) is 7.42. The molecule has 0 radical (unpaired) electrons. The van der Waals surface area contributed by atoms with Gasteiger partial charge in [-0.05, 0) is 39.5 Å². The van der Waals surface area contributed by atoms with Gasteiger partial charge in [-0.1, -0.05) is 27.2 Å². The average Bonchev–Trinajstić information content (AvgIpc) is 2.32. The van der Waals surface area contributed by atoms with Crippen LogP contribution in [-0.2, 0) is 0 Å². The van der Waals surface area contributed by atoms with E-state index in [2.05, 4.69) is 51.8 Å². The third-order valence-electron chi connectivity index (χ3n) is 4.71. The van der Waals surface area contributed by atoms with Gasteiger partial charge in [-0.15, -0.1) is 0 Å². The number of nitrogens with zero attached hydrogens (tertiary/aromatic N) is 1. The van der Waals surface area contributed by atoms with E-state index in [0.717, 1.165) is 12.5 Å². The molecule has 4 atom stereocenters. The van der Waals surface area contributed by atoms with Crippen LogP contribution in [0.5, 0.6) is 0 Å². The third-order valence-corrected chi connectivity index (χ3v) is 4.71. The highest BCUT2D eigenvalue weighted by atomic mass is 15.3. The zero-order chi connectivity index (χ0) is 13.1. The van der Waals surface area contributed by atoms with E-state index in [9.17, 15) is 0 Å². The van der Waals surface area contributed by atoms with Gasteiger partial charge in [0, 0.05) is 30.7 Å². The van der Waals surface area contributed by atoms with Gasteiger partial charge in [0.05, 0.1) is 0 Å². The lowest BCUT2D eigenvalue weighted by molar-refractivity contribution is 0.0511. The Morgan fingerprint density at radius 1 is 1.35 bits per heavy atom. The number of rotatable bonds is 5. The second-order valence-electron chi connectivity index (χ2n) is 6.41. The van der Waals surface area contributed by atoms with E-state index < -0.39 is 0 Å². The first-order valence-electron chi connectivity index (χ1n) is 7.42. The molecule has 1 aliphatic heterocycles. The molecule has 0 aromatic carbocycles. The lowest BCUT2D eigenvalue weighted by Gasteiger charge is -2.48. The van der Waals surface area contributed by atoms with Gasteiger partial charge < -0.3 is 5.32 Å². The number of hydrogen-bond donors (Lipinski definition) is 1. The predicted molar refractivity (Wildman–Crippen MR) is 76.4 cm³/mol. The maximum Gasteiger partial charge on any atom is 0.0278 e. The highest BCUT2D eigenvalue weighted by Crippen LogP contribution is 2.24. The van der Waals surface area contributed by atoms with Crippen LogP contribution in [0.3, 0.4) is 0 Å². The summed E-state index contributed by atoms with van der Waals surface area (Å²) in [6, 6.07) is 1.39. The van der Waals surface area contributed by atoms with E-state index in [1.165, 1.54) is 25.8 Å². The SMILES string of the molecule is CCC(C)CC(C)N1CC(C)(CC)NCC1C. The van der Waals surface area contributed by atoms with Gasteiger partial charge >= 0.3 is 0 Å². The van der Waals surface area contributed by atoms with Gasteiger partial charge in [0.15, 0.2) is 0 Å². The molecule has 0 bridgehead atoms. The molecule has 17 heavy (non-hydrogen) atoms. The van der Waals surface area contributed by atoms with Crippen LogP contribution in [-0.4, -0.2) is 35.6 Å². The van der Waals surface area contributed by atoms with Crippen LogP contribution in [0.4, 0.5) is 0 Å². The minimum absolute atomic E-state index is 0.316. The lowest BCUT2D eigenvalue weighted by Crippen LogP contribution is -2.63. The van der Waals surface area contributed by atoms with Crippen molar-refractivity contribution < 1.29 is 0 Å². The molecule has 1 fully saturated rings. The van der Waals surface area contributed by atoms with Crippen molar-refractivity contribution in [3.63, 3.8) is 0 Å². The zero-order valence-electron chi connectivity index (χ0n) is 12.7. The van der Waals surface area contributed by atoms with Crippen LogP contribution in [0, 0.1) is 5.92 Å². The van der Waals surface area contributed by atoms with Gasteiger partial charge in [-0.2, -0.15) is 0 Å². The van der Waals surface area contributed by atoms with Gasteiger partial charge in [0.25, 0.3) is 0 Å². The Balaban J connectivity index is 2.60. The highest BCUT2D eigenvalue weighted by molar-refractivity contribution is 4.94.